The molecule has 2 unspecified atom stereocenters. The lowest BCUT2D eigenvalue weighted by Gasteiger charge is -2.31. The van der Waals surface area contributed by atoms with Crippen molar-refractivity contribution in [3.8, 4) is 0 Å². The van der Waals surface area contributed by atoms with E-state index in [1.807, 2.05) is 13.8 Å². The topological polar surface area (TPSA) is 76.7 Å². The van der Waals surface area contributed by atoms with Gasteiger partial charge in [0.15, 0.2) is 0 Å². The highest BCUT2D eigenvalue weighted by molar-refractivity contribution is 5.27. The van der Waals surface area contributed by atoms with Crippen molar-refractivity contribution in [3.63, 3.8) is 0 Å². The van der Waals surface area contributed by atoms with Gasteiger partial charge in [0.05, 0.1) is 11.4 Å². The molecule has 2 rings (SSSR count). The zero-order chi connectivity index (χ0) is 12.3. The van der Waals surface area contributed by atoms with E-state index in [0.717, 1.165) is 24.4 Å². The SMILES string of the molecule is Cc1nnc(NC2CCCCC2CN)nc1C. The Labute approximate surface area is 102 Å². The molecule has 1 aliphatic carbocycles. The van der Waals surface area contributed by atoms with Crippen LogP contribution in [0.25, 0.3) is 0 Å². The van der Waals surface area contributed by atoms with E-state index >= 15 is 0 Å². The monoisotopic (exact) mass is 235 g/mol. The van der Waals surface area contributed by atoms with Crippen molar-refractivity contribution in [3.05, 3.63) is 11.4 Å². The van der Waals surface area contributed by atoms with E-state index in [9.17, 15) is 0 Å². The first kappa shape index (κ1) is 12.2. The zero-order valence-electron chi connectivity index (χ0n) is 10.6. The maximum absolute atomic E-state index is 5.80. The van der Waals surface area contributed by atoms with Crippen LogP contribution in [0.5, 0.6) is 0 Å². The molecule has 17 heavy (non-hydrogen) atoms. The summed E-state index contributed by atoms with van der Waals surface area (Å²) < 4.78 is 0. The lowest BCUT2D eigenvalue weighted by molar-refractivity contribution is 0.331. The highest BCUT2D eigenvalue weighted by Gasteiger charge is 2.24. The Bertz CT molecular complexity index is 379. The van der Waals surface area contributed by atoms with Crippen molar-refractivity contribution in [2.75, 3.05) is 11.9 Å². The quantitative estimate of drug-likeness (QED) is 0.828. The molecule has 1 fully saturated rings. The minimum absolute atomic E-state index is 0.401. The Balaban J connectivity index is 2.05. The zero-order valence-corrected chi connectivity index (χ0v) is 10.6. The molecule has 0 spiro atoms. The fourth-order valence-corrected chi connectivity index (χ4v) is 2.36. The number of nitrogens with one attached hydrogen (secondary N) is 1. The minimum Gasteiger partial charge on any atom is -0.350 e. The van der Waals surface area contributed by atoms with Gasteiger partial charge in [-0.25, -0.2) is 4.98 Å². The number of rotatable bonds is 3. The van der Waals surface area contributed by atoms with Crippen LogP contribution in [0.1, 0.15) is 37.1 Å². The number of aromatic nitrogens is 3. The minimum atomic E-state index is 0.401. The standard InChI is InChI=1S/C12H21N5/c1-8-9(2)16-17-12(14-8)15-11-6-4-3-5-10(11)7-13/h10-11H,3-7,13H2,1-2H3,(H,14,15,17). The van der Waals surface area contributed by atoms with Gasteiger partial charge in [-0.2, -0.15) is 5.10 Å². The Kier molecular flexibility index (Phi) is 3.89. The highest BCUT2D eigenvalue weighted by atomic mass is 15.2. The van der Waals surface area contributed by atoms with Gasteiger partial charge >= 0.3 is 0 Å². The summed E-state index contributed by atoms with van der Waals surface area (Å²) in [5.41, 5.74) is 7.62. The lowest BCUT2D eigenvalue weighted by atomic mass is 9.84. The molecular formula is C12H21N5. The average molecular weight is 235 g/mol. The van der Waals surface area contributed by atoms with Crippen molar-refractivity contribution >= 4 is 5.95 Å². The van der Waals surface area contributed by atoms with Crippen LogP contribution >= 0.6 is 0 Å². The van der Waals surface area contributed by atoms with Gasteiger partial charge in [-0.15, -0.1) is 5.10 Å². The Morgan fingerprint density at radius 1 is 1.18 bits per heavy atom. The second kappa shape index (κ2) is 5.40. The van der Waals surface area contributed by atoms with E-state index in [0.29, 0.717) is 17.9 Å². The molecule has 1 aliphatic rings. The van der Waals surface area contributed by atoms with Gasteiger partial charge in [-0.1, -0.05) is 12.8 Å². The molecule has 1 aromatic heterocycles. The Morgan fingerprint density at radius 3 is 2.65 bits per heavy atom. The molecule has 1 saturated carbocycles. The first-order valence-corrected chi connectivity index (χ1v) is 6.35. The number of hydrogen-bond donors (Lipinski definition) is 2. The third-order valence-electron chi connectivity index (χ3n) is 3.62. The summed E-state index contributed by atoms with van der Waals surface area (Å²) in [6, 6.07) is 0.401. The molecule has 0 amide bonds. The van der Waals surface area contributed by atoms with E-state index < -0.39 is 0 Å². The first-order valence-electron chi connectivity index (χ1n) is 6.35. The van der Waals surface area contributed by atoms with E-state index in [4.69, 9.17) is 5.73 Å². The van der Waals surface area contributed by atoms with Gasteiger partial charge in [0, 0.05) is 6.04 Å². The van der Waals surface area contributed by atoms with Gasteiger partial charge in [0.2, 0.25) is 5.95 Å². The molecule has 5 nitrogen and oxygen atoms in total. The van der Waals surface area contributed by atoms with Gasteiger partial charge in [0.25, 0.3) is 0 Å². The van der Waals surface area contributed by atoms with Crippen LogP contribution in [0.15, 0.2) is 0 Å². The molecule has 0 saturated heterocycles. The molecule has 2 atom stereocenters. The number of anilines is 1. The smallest absolute Gasteiger partial charge is 0.243 e. The summed E-state index contributed by atoms with van der Waals surface area (Å²) in [6.07, 6.45) is 4.89. The third-order valence-corrected chi connectivity index (χ3v) is 3.62. The molecule has 1 heterocycles. The maximum Gasteiger partial charge on any atom is 0.243 e. The van der Waals surface area contributed by atoms with Crippen molar-refractivity contribution < 1.29 is 0 Å². The highest BCUT2D eigenvalue weighted by Crippen LogP contribution is 2.25. The van der Waals surface area contributed by atoms with Crippen molar-refractivity contribution in [2.24, 2.45) is 11.7 Å². The number of aryl methyl sites for hydroxylation is 2. The summed E-state index contributed by atoms with van der Waals surface area (Å²) in [6.45, 7) is 4.61. The van der Waals surface area contributed by atoms with Gasteiger partial charge in [-0.05, 0) is 39.2 Å². The normalized spacial score (nSPS) is 24.6. The molecule has 1 aromatic rings. The fraction of sp³-hybridized carbons (Fsp3) is 0.750. The third kappa shape index (κ3) is 2.91. The predicted octanol–water partition coefficient (Wildman–Crippen LogP) is 1.42. The number of nitrogens with two attached hydrogens (primary N) is 1. The summed E-state index contributed by atoms with van der Waals surface area (Å²) >= 11 is 0. The van der Waals surface area contributed by atoms with Crippen molar-refractivity contribution in [1.82, 2.24) is 15.2 Å². The lowest BCUT2D eigenvalue weighted by Crippen LogP contribution is -2.37. The van der Waals surface area contributed by atoms with Crippen molar-refractivity contribution in [2.45, 2.75) is 45.6 Å². The largest absolute Gasteiger partial charge is 0.350 e. The van der Waals surface area contributed by atoms with E-state index in [1.165, 1.54) is 19.3 Å². The van der Waals surface area contributed by atoms with Crippen LogP contribution < -0.4 is 11.1 Å². The van der Waals surface area contributed by atoms with E-state index in [1.54, 1.807) is 0 Å². The predicted molar refractivity (Wildman–Crippen MR) is 67.7 cm³/mol. The summed E-state index contributed by atoms with van der Waals surface area (Å²) in [7, 11) is 0. The van der Waals surface area contributed by atoms with Crippen molar-refractivity contribution in [1.29, 1.82) is 0 Å². The molecule has 0 aromatic carbocycles. The van der Waals surface area contributed by atoms with Crippen LogP contribution in [0.3, 0.4) is 0 Å². The molecule has 94 valence electrons. The molecule has 3 N–H and O–H groups in total. The average Bonchev–Trinajstić information content (AvgIpc) is 2.34. The van der Waals surface area contributed by atoms with Gasteiger partial charge < -0.3 is 11.1 Å². The Morgan fingerprint density at radius 2 is 1.94 bits per heavy atom. The molecule has 0 aliphatic heterocycles. The second-order valence-corrected chi connectivity index (χ2v) is 4.84. The van der Waals surface area contributed by atoms with Gasteiger partial charge in [0.1, 0.15) is 0 Å². The van der Waals surface area contributed by atoms with Crippen LogP contribution in [0, 0.1) is 19.8 Å². The molecule has 5 heteroatoms. The number of hydrogen-bond acceptors (Lipinski definition) is 5. The molecular weight excluding hydrogens is 214 g/mol. The van der Waals surface area contributed by atoms with Crippen LogP contribution in [0.2, 0.25) is 0 Å². The summed E-state index contributed by atoms with van der Waals surface area (Å²) in [5, 5.41) is 11.6. The number of nitrogens with zero attached hydrogens (tertiary/aromatic N) is 3. The van der Waals surface area contributed by atoms with Crippen LogP contribution in [-0.4, -0.2) is 27.8 Å². The summed E-state index contributed by atoms with van der Waals surface area (Å²) in [5.74, 6) is 1.17. The Hall–Kier alpha value is -1.23. The molecule has 0 radical (unpaired) electrons. The molecule has 0 bridgehead atoms. The second-order valence-electron chi connectivity index (χ2n) is 4.84. The summed E-state index contributed by atoms with van der Waals surface area (Å²) in [4.78, 5) is 4.41. The van der Waals surface area contributed by atoms with E-state index in [2.05, 4.69) is 20.5 Å². The van der Waals surface area contributed by atoms with Crippen LogP contribution in [-0.2, 0) is 0 Å². The van der Waals surface area contributed by atoms with Gasteiger partial charge in [-0.3, -0.25) is 0 Å². The maximum atomic E-state index is 5.80. The van der Waals surface area contributed by atoms with E-state index in [-0.39, 0.29) is 0 Å². The first-order chi connectivity index (χ1) is 8.20. The van der Waals surface area contributed by atoms with Crippen LogP contribution in [0.4, 0.5) is 5.95 Å². The fourth-order valence-electron chi connectivity index (χ4n) is 2.36.